The summed E-state index contributed by atoms with van der Waals surface area (Å²) < 4.78 is 16.3. The summed E-state index contributed by atoms with van der Waals surface area (Å²) in [5, 5.41) is 23.9. The van der Waals surface area contributed by atoms with E-state index >= 15 is 0 Å². The number of amides is 2. The van der Waals surface area contributed by atoms with Crippen LogP contribution in [0.25, 0.3) is 16.8 Å². The zero-order valence-corrected chi connectivity index (χ0v) is 23.5. The molecule has 11 nitrogen and oxygen atoms in total. The fraction of sp³-hybridized carbons (Fsp3) is 0.133. The molecule has 2 aromatic heterocycles. The van der Waals surface area contributed by atoms with Crippen LogP contribution in [0.4, 0.5) is 20.6 Å². The molecule has 2 N–H and O–H groups in total. The quantitative estimate of drug-likeness (QED) is 0.237. The first-order valence-electron chi connectivity index (χ1n) is 13.1. The number of rotatable bonds is 9. The van der Waals surface area contributed by atoms with Gasteiger partial charge in [0.15, 0.2) is 0 Å². The van der Waals surface area contributed by atoms with Gasteiger partial charge in [0.05, 0.1) is 5.69 Å². The number of aromatic nitrogens is 5. The van der Waals surface area contributed by atoms with Crippen LogP contribution in [0, 0.1) is 5.82 Å². The third kappa shape index (κ3) is 6.60. The van der Waals surface area contributed by atoms with Crippen LogP contribution in [0.1, 0.15) is 18.5 Å². The van der Waals surface area contributed by atoms with E-state index in [1.54, 1.807) is 67.6 Å². The first kappa shape index (κ1) is 29.1. The van der Waals surface area contributed by atoms with Gasteiger partial charge in [-0.15, -0.1) is 5.10 Å². The number of nitrogens with one attached hydrogen (secondary N) is 1. The molecular weight excluding hydrogens is 577 g/mol. The molecule has 1 unspecified atom stereocenters. The average Bonchev–Trinajstić information content (AvgIpc) is 3.53. The normalized spacial score (nSPS) is 11.6. The smallest absolute Gasteiger partial charge is 0.411 e. The van der Waals surface area contributed by atoms with E-state index in [1.807, 2.05) is 0 Å². The lowest BCUT2D eigenvalue weighted by Gasteiger charge is -2.21. The molecule has 13 heteroatoms. The number of pyridine rings is 1. The van der Waals surface area contributed by atoms with Gasteiger partial charge in [-0.05, 0) is 89.1 Å². The van der Waals surface area contributed by atoms with Crippen LogP contribution in [0.5, 0.6) is 0 Å². The highest BCUT2D eigenvalue weighted by Crippen LogP contribution is 2.29. The van der Waals surface area contributed by atoms with Crippen molar-refractivity contribution in [2.75, 3.05) is 16.8 Å². The van der Waals surface area contributed by atoms with E-state index in [9.17, 15) is 23.9 Å². The highest BCUT2D eigenvalue weighted by molar-refractivity contribution is 6.31. The van der Waals surface area contributed by atoms with E-state index in [2.05, 4.69) is 20.8 Å². The Morgan fingerprint density at radius 2 is 1.79 bits per heavy atom. The zero-order chi connectivity index (χ0) is 30.5. The number of carbonyl (C=O) groups excluding carboxylic acids is 1. The van der Waals surface area contributed by atoms with Gasteiger partial charge in [0, 0.05) is 47.2 Å². The molecule has 218 valence electrons. The molecule has 0 spiro atoms. The Bertz CT molecular complexity index is 1810. The van der Waals surface area contributed by atoms with E-state index in [0.29, 0.717) is 38.8 Å². The maximum atomic E-state index is 13.6. The van der Waals surface area contributed by atoms with Crippen LogP contribution in [0.3, 0.4) is 0 Å². The van der Waals surface area contributed by atoms with Crippen LogP contribution < -0.4 is 15.8 Å². The maximum absolute atomic E-state index is 13.6. The van der Waals surface area contributed by atoms with Crippen molar-refractivity contribution in [2.45, 2.75) is 19.4 Å². The van der Waals surface area contributed by atoms with E-state index in [-0.39, 0.29) is 13.0 Å². The largest absolute Gasteiger partial charge is 0.465 e. The number of tetrazole rings is 1. The second kappa shape index (κ2) is 12.7. The molecule has 1 atom stereocenters. The number of halogens is 2. The van der Waals surface area contributed by atoms with E-state index < -0.39 is 29.4 Å². The van der Waals surface area contributed by atoms with Gasteiger partial charge in [-0.3, -0.25) is 14.5 Å². The number of benzene rings is 3. The third-order valence-corrected chi connectivity index (χ3v) is 7.02. The molecule has 0 aliphatic carbocycles. The van der Waals surface area contributed by atoms with Crippen LogP contribution in [0.15, 0.2) is 96.2 Å². The molecule has 3 aromatic carbocycles. The van der Waals surface area contributed by atoms with Gasteiger partial charge in [-0.1, -0.05) is 23.7 Å². The molecule has 0 aliphatic rings. The third-order valence-electron chi connectivity index (χ3n) is 6.79. The van der Waals surface area contributed by atoms with E-state index in [0.717, 1.165) is 4.90 Å². The minimum absolute atomic E-state index is 0.0963. The summed E-state index contributed by atoms with van der Waals surface area (Å²) in [5.41, 5.74) is 2.77. The topological polar surface area (TPSA) is 135 Å². The highest BCUT2D eigenvalue weighted by Gasteiger charge is 2.23. The number of hydrogen-bond donors (Lipinski definition) is 2. The molecule has 2 amide bonds. The molecule has 0 radical (unpaired) electrons. The molecule has 0 saturated heterocycles. The predicted octanol–water partition coefficient (Wildman–Crippen LogP) is 5.21. The van der Waals surface area contributed by atoms with Gasteiger partial charge in [0.25, 0.3) is 5.56 Å². The SMILES string of the molecule is CCN(C(=O)O)c1ccc(NC(=O)C(Cc2ccc(F)cc2)n2ccc(-c3cc(Cl)ccc3-n3cnnn3)cc2=O)cc1. The van der Waals surface area contributed by atoms with Crippen LogP contribution in [-0.4, -0.2) is 48.4 Å². The van der Waals surface area contributed by atoms with Gasteiger partial charge in [-0.2, -0.15) is 4.68 Å². The van der Waals surface area contributed by atoms with Gasteiger partial charge < -0.3 is 15.0 Å². The first-order chi connectivity index (χ1) is 20.7. The number of carbonyl (C=O) groups is 2. The minimum atomic E-state index is -1.09. The van der Waals surface area contributed by atoms with Crippen molar-refractivity contribution in [2.24, 2.45) is 0 Å². The fourth-order valence-corrected chi connectivity index (χ4v) is 4.84. The second-order valence-electron chi connectivity index (χ2n) is 9.49. The molecule has 0 saturated carbocycles. The predicted molar refractivity (Wildman–Crippen MR) is 159 cm³/mol. The summed E-state index contributed by atoms with van der Waals surface area (Å²) in [6.07, 6.45) is 1.94. The number of anilines is 2. The minimum Gasteiger partial charge on any atom is -0.465 e. The lowest BCUT2D eigenvalue weighted by Crippen LogP contribution is -2.34. The Balaban J connectivity index is 1.48. The van der Waals surface area contributed by atoms with Crippen molar-refractivity contribution in [3.8, 4) is 16.8 Å². The van der Waals surface area contributed by atoms with Gasteiger partial charge in [0.2, 0.25) is 5.91 Å². The molecule has 0 aliphatic heterocycles. The van der Waals surface area contributed by atoms with Crippen molar-refractivity contribution in [3.05, 3.63) is 118 Å². The monoisotopic (exact) mass is 601 g/mol. The fourth-order valence-electron chi connectivity index (χ4n) is 4.67. The van der Waals surface area contributed by atoms with Gasteiger partial charge in [0.1, 0.15) is 18.2 Å². The second-order valence-corrected chi connectivity index (χ2v) is 9.92. The van der Waals surface area contributed by atoms with Crippen molar-refractivity contribution in [1.29, 1.82) is 0 Å². The van der Waals surface area contributed by atoms with Crippen LogP contribution >= 0.6 is 11.6 Å². The zero-order valence-electron chi connectivity index (χ0n) is 22.8. The highest BCUT2D eigenvalue weighted by atomic mass is 35.5. The molecule has 5 rings (SSSR count). The molecular formula is C30H25ClFN7O4. The Kier molecular flexibility index (Phi) is 8.58. The molecule has 2 heterocycles. The lowest BCUT2D eigenvalue weighted by atomic mass is 10.0. The number of hydrogen-bond acceptors (Lipinski definition) is 6. The van der Waals surface area contributed by atoms with E-state index in [1.165, 1.54) is 40.0 Å². The van der Waals surface area contributed by atoms with Crippen molar-refractivity contribution < 1.29 is 19.1 Å². The Hall–Kier alpha value is -5.36. The Labute approximate surface area is 249 Å². The molecule has 0 bridgehead atoms. The van der Waals surface area contributed by atoms with Gasteiger partial charge in [-0.25, -0.2) is 9.18 Å². The first-order valence-corrected chi connectivity index (χ1v) is 13.5. The molecule has 0 fully saturated rings. The Morgan fingerprint density at radius 1 is 1.05 bits per heavy atom. The standard InChI is InChI=1S/C30H25ClFN7O4/c1-2-37(30(42)43)24-10-8-23(9-11-24)34-29(41)27(15-19-3-6-22(32)7-4-19)38-14-13-20(16-28(38)40)25-17-21(31)5-12-26(25)39-18-33-35-36-39/h3-14,16-18,27H,2,15H2,1H3,(H,34,41)(H,42,43). The molecule has 43 heavy (non-hydrogen) atoms. The lowest BCUT2D eigenvalue weighted by molar-refractivity contribution is -0.119. The van der Waals surface area contributed by atoms with Crippen LogP contribution in [0.2, 0.25) is 5.02 Å². The number of carboxylic acid groups (broad SMARTS) is 1. The van der Waals surface area contributed by atoms with E-state index in [4.69, 9.17) is 11.6 Å². The van der Waals surface area contributed by atoms with Crippen molar-refractivity contribution in [1.82, 2.24) is 24.8 Å². The average molecular weight is 602 g/mol. The maximum Gasteiger partial charge on any atom is 0.411 e. The Morgan fingerprint density at radius 3 is 2.42 bits per heavy atom. The van der Waals surface area contributed by atoms with Crippen molar-refractivity contribution >= 4 is 35.0 Å². The van der Waals surface area contributed by atoms with Gasteiger partial charge >= 0.3 is 6.09 Å². The summed E-state index contributed by atoms with van der Waals surface area (Å²) >= 11 is 6.26. The summed E-state index contributed by atoms with van der Waals surface area (Å²) in [6, 6.07) is 19.2. The summed E-state index contributed by atoms with van der Waals surface area (Å²) in [6.45, 7) is 1.97. The van der Waals surface area contributed by atoms with Crippen LogP contribution in [-0.2, 0) is 11.2 Å². The summed E-state index contributed by atoms with van der Waals surface area (Å²) in [7, 11) is 0. The summed E-state index contributed by atoms with van der Waals surface area (Å²) in [4.78, 5) is 39.8. The molecule has 5 aromatic rings. The number of nitrogens with zero attached hydrogens (tertiary/aromatic N) is 6. The van der Waals surface area contributed by atoms with Crippen molar-refractivity contribution in [3.63, 3.8) is 0 Å². The summed E-state index contributed by atoms with van der Waals surface area (Å²) in [5.74, 6) is -0.914.